The van der Waals surface area contributed by atoms with E-state index in [1.54, 1.807) is 48.5 Å². The highest BCUT2D eigenvalue weighted by molar-refractivity contribution is 6.39. The molecule has 0 aliphatic heterocycles. The van der Waals surface area contributed by atoms with Crippen LogP contribution in [0.5, 0.6) is 11.5 Å². The van der Waals surface area contributed by atoms with E-state index in [2.05, 4.69) is 21.2 Å². The number of amides is 3. The number of aryl methyl sites for hydroxylation is 2. The van der Waals surface area contributed by atoms with Gasteiger partial charge in [0, 0.05) is 11.3 Å². The molecule has 3 aromatic carbocycles. The van der Waals surface area contributed by atoms with Crippen LogP contribution < -0.4 is 25.5 Å². The van der Waals surface area contributed by atoms with Gasteiger partial charge in [0.05, 0.1) is 19.0 Å². The van der Waals surface area contributed by atoms with Crippen LogP contribution in [0.4, 0.5) is 11.4 Å². The third-order valence-electron chi connectivity index (χ3n) is 4.95. The maximum atomic E-state index is 12.4. The van der Waals surface area contributed by atoms with Crippen molar-refractivity contribution in [2.24, 2.45) is 5.10 Å². The molecule has 0 saturated carbocycles. The molecule has 3 aromatic rings. The number of rotatable bonds is 8. The second-order valence-corrected chi connectivity index (χ2v) is 7.50. The summed E-state index contributed by atoms with van der Waals surface area (Å²) in [5.41, 5.74) is 5.70. The molecule has 0 aromatic heterocycles. The lowest BCUT2D eigenvalue weighted by molar-refractivity contribution is -0.136. The van der Waals surface area contributed by atoms with E-state index in [0.717, 1.165) is 16.8 Å². The quantitative estimate of drug-likeness (QED) is 0.263. The molecule has 9 nitrogen and oxygen atoms in total. The SMILES string of the molecule is COc1ccccc1NC(=O)C(=O)N/N=C\c1ccccc1OCC(=O)Nc1c(C)cccc1C. The first-order valence-electron chi connectivity index (χ1n) is 10.7. The van der Waals surface area contributed by atoms with Crippen LogP contribution in [0.3, 0.4) is 0 Å². The van der Waals surface area contributed by atoms with E-state index in [4.69, 9.17) is 9.47 Å². The largest absolute Gasteiger partial charge is 0.495 e. The molecule has 3 amide bonds. The Morgan fingerprint density at radius 3 is 2.20 bits per heavy atom. The Morgan fingerprint density at radius 2 is 1.49 bits per heavy atom. The molecule has 3 rings (SSSR count). The van der Waals surface area contributed by atoms with E-state index >= 15 is 0 Å². The Balaban J connectivity index is 1.56. The highest BCUT2D eigenvalue weighted by Crippen LogP contribution is 2.23. The highest BCUT2D eigenvalue weighted by atomic mass is 16.5. The van der Waals surface area contributed by atoms with Gasteiger partial charge < -0.3 is 20.1 Å². The van der Waals surface area contributed by atoms with Gasteiger partial charge in [0.1, 0.15) is 11.5 Å². The normalized spacial score (nSPS) is 10.5. The molecule has 0 saturated heterocycles. The number of benzene rings is 3. The lowest BCUT2D eigenvalue weighted by Gasteiger charge is -2.13. The summed E-state index contributed by atoms with van der Waals surface area (Å²) in [6, 6.07) is 19.3. The van der Waals surface area contributed by atoms with Gasteiger partial charge in [-0.1, -0.05) is 42.5 Å². The molecule has 0 unspecified atom stereocenters. The number of carbonyl (C=O) groups is 3. The second kappa shape index (κ2) is 12.0. The summed E-state index contributed by atoms with van der Waals surface area (Å²) >= 11 is 0. The van der Waals surface area contributed by atoms with Crippen molar-refractivity contribution in [3.63, 3.8) is 0 Å². The van der Waals surface area contributed by atoms with Crippen molar-refractivity contribution in [2.45, 2.75) is 13.8 Å². The summed E-state index contributed by atoms with van der Waals surface area (Å²) in [7, 11) is 1.46. The smallest absolute Gasteiger partial charge is 0.329 e. The predicted octanol–water partition coefficient (Wildman–Crippen LogP) is 3.42. The number of para-hydroxylation sites is 4. The van der Waals surface area contributed by atoms with Gasteiger partial charge in [-0.05, 0) is 49.2 Å². The summed E-state index contributed by atoms with van der Waals surface area (Å²) < 4.78 is 10.8. The van der Waals surface area contributed by atoms with Gasteiger partial charge >= 0.3 is 11.8 Å². The van der Waals surface area contributed by atoms with Gasteiger partial charge in [-0.15, -0.1) is 0 Å². The standard InChI is InChI=1S/C26H26N4O5/c1-17-9-8-10-18(2)24(17)29-23(31)16-35-21-13-6-4-11-19(21)15-27-30-26(33)25(32)28-20-12-5-7-14-22(20)34-3/h4-15H,16H2,1-3H3,(H,28,32)(H,29,31)(H,30,33)/b27-15-. The van der Waals surface area contributed by atoms with E-state index < -0.39 is 11.8 Å². The minimum absolute atomic E-state index is 0.216. The number of nitrogens with one attached hydrogen (secondary N) is 3. The molecule has 0 heterocycles. The van der Waals surface area contributed by atoms with Crippen LogP contribution in [0.25, 0.3) is 0 Å². The molecule has 9 heteroatoms. The fourth-order valence-corrected chi connectivity index (χ4v) is 3.19. The molecule has 0 bridgehead atoms. The fourth-order valence-electron chi connectivity index (χ4n) is 3.19. The Bertz CT molecular complexity index is 1240. The van der Waals surface area contributed by atoms with Crippen molar-refractivity contribution in [2.75, 3.05) is 24.4 Å². The minimum atomic E-state index is -0.960. The Morgan fingerprint density at radius 1 is 0.829 bits per heavy atom. The van der Waals surface area contributed by atoms with Gasteiger partial charge in [0.15, 0.2) is 6.61 Å². The molecule has 3 N–H and O–H groups in total. The average molecular weight is 475 g/mol. The van der Waals surface area contributed by atoms with Crippen molar-refractivity contribution in [3.05, 3.63) is 83.4 Å². The molecule has 0 aliphatic carbocycles. The molecule has 0 atom stereocenters. The van der Waals surface area contributed by atoms with Crippen LogP contribution in [0.1, 0.15) is 16.7 Å². The number of ether oxygens (including phenoxy) is 2. The Kier molecular flexibility index (Phi) is 8.55. The zero-order valence-electron chi connectivity index (χ0n) is 19.6. The third kappa shape index (κ3) is 6.91. The number of anilines is 2. The summed E-state index contributed by atoms with van der Waals surface area (Å²) in [5.74, 6) is -1.36. The van der Waals surface area contributed by atoms with E-state index in [-0.39, 0.29) is 12.5 Å². The molecule has 0 spiro atoms. The topological polar surface area (TPSA) is 118 Å². The highest BCUT2D eigenvalue weighted by Gasteiger charge is 2.15. The van der Waals surface area contributed by atoms with Crippen LogP contribution in [0, 0.1) is 13.8 Å². The van der Waals surface area contributed by atoms with Crippen molar-refractivity contribution < 1.29 is 23.9 Å². The maximum absolute atomic E-state index is 12.4. The average Bonchev–Trinajstić information content (AvgIpc) is 2.86. The lowest BCUT2D eigenvalue weighted by atomic mass is 10.1. The molecule has 0 fully saturated rings. The fraction of sp³-hybridized carbons (Fsp3) is 0.154. The number of methoxy groups -OCH3 is 1. The van der Waals surface area contributed by atoms with Crippen LogP contribution in [-0.2, 0) is 14.4 Å². The maximum Gasteiger partial charge on any atom is 0.329 e. The number of nitrogens with zero attached hydrogens (tertiary/aromatic N) is 1. The number of hydrogen-bond donors (Lipinski definition) is 3. The van der Waals surface area contributed by atoms with E-state index in [1.165, 1.54) is 13.3 Å². The summed E-state index contributed by atoms with van der Waals surface area (Å²) in [5, 5.41) is 9.15. The Hall–Kier alpha value is -4.66. The van der Waals surface area contributed by atoms with Gasteiger partial charge in [0.2, 0.25) is 0 Å². The Labute approximate surface area is 203 Å². The van der Waals surface area contributed by atoms with Gasteiger partial charge in [-0.25, -0.2) is 5.43 Å². The zero-order valence-corrected chi connectivity index (χ0v) is 19.6. The number of hydrazone groups is 1. The van der Waals surface area contributed by atoms with Gasteiger partial charge in [-0.2, -0.15) is 5.10 Å². The molecular weight excluding hydrogens is 448 g/mol. The minimum Gasteiger partial charge on any atom is -0.495 e. The second-order valence-electron chi connectivity index (χ2n) is 7.50. The first-order chi connectivity index (χ1) is 16.9. The predicted molar refractivity (Wildman–Crippen MR) is 134 cm³/mol. The molecule has 0 radical (unpaired) electrons. The molecule has 35 heavy (non-hydrogen) atoms. The summed E-state index contributed by atoms with van der Waals surface area (Å²) in [4.78, 5) is 36.6. The van der Waals surface area contributed by atoms with Crippen LogP contribution in [0.15, 0.2) is 71.8 Å². The third-order valence-corrected chi connectivity index (χ3v) is 4.95. The first kappa shape index (κ1) is 25.0. The van der Waals surface area contributed by atoms with Crippen LogP contribution in [0.2, 0.25) is 0 Å². The monoisotopic (exact) mass is 474 g/mol. The number of hydrogen-bond acceptors (Lipinski definition) is 6. The zero-order chi connectivity index (χ0) is 25.2. The summed E-state index contributed by atoms with van der Waals surface area (Å²) in [6.45, 7) is 3.62. The van der Waals surface area contributed by atoms with E-state index in [0.29, 0.717) is 22.7 Å². The van der Waals surface area contributed by atoms with Crippen LogP contribution in [-0.4, -0.2) is 37.7 Å². The first-order valence-corrected chi connectivity index (χ1v) is 10.7. The van der Waals surface area contributed by atoms with Crippen molar-refractivity contribution in [3.8, 4) is 11.5 Å². The van der Waals surface area contributed by atoms with Crippen molar-refractivity contribution in [1.82, 2.24) is 5.43 Å². The van der Waals surface area contributed by atoms with Crippen LogP contribution >= 0.6 is 0 Å². The summed E-state index contributed by atoms with van der Waals surface area (Å²) in [6.07, 6.45) is 1.33. The molecular formula is C26H26N4O5. The van der Waals surface area contributed by atoms with E-state index in [9.17, 15) is 14.4 Å². The van der Waals surface area contributed by atoms with Crippen molar-refractivity contribution >= 4 is 35.3 Å². The lowest BCUT2D eigenvalue weighted by Crippen LogP contribution is -2.32. The molecule has 180 valence electrons. The molecule has 0 aliphatic rings. The number of carbonyl (C=O) groups excluding carboxylic acids is 3. The van der Waals surface area contributed by atoms with Crippen molar-refractivity contribution in [1.29, 1.82) is 0 Å². The van der Waals surface area contributed by atoms with Gasteiger partial charge in [-0.3, -0.25) is 14.4 Å². The van der Waals surface area contributed by atoms with Gasteiger partial charge in [0.25, 0.3) is 5.91 Å². The van der Waals surface area contributed by atoms with E-state index in [1.807, 2.05) is 32.0 Å².